The second kappa shape index (κ2) is 3.49. The van der Waals surface area contributed by atoms with Gasteiger partial charge in [-0.05, 0) is 23.6 Å². The lowest BCUT2D eigenvalue weighted by Crippen LogP contribution is -2.27. The fourth-order valence-electron chi connectivity index (χ4n) is 2.72. The number of carbonyl (C=O) groups excluding carboxylic acids is 1. The molecule has 1 aromatic carbocycles. The van der Waals surface area contributed by atoms with Crippen LogP contribution in [-0.2, 0) is 13.0 Å². The Kier molecular flexibility index (Phi) is 2.11. The van der Waals surface area contributed by atoms with Crippen molar-refractivity contribution in [1.29, 1.82) is 0 Å². The average Bonchev–Trinajstić information content (AvgIpc) is 2.56. The van der Waals surface area contributed by atoms with E-state index in [1.165, 1.54) is 11.3 Å². The first-order valence-corrected chi connectivity index (χ1v) is 5.67. The van der Waals surface area contributed by atoms with Crippen LogP contribution in [-0.4, -0.2) is 25.5 Å². The number of hydrogen-bond donors (Lipinski definition) is 2. The molecule has 1 amide bonds. The molecule has 0 aliphatic carbocycles. The predicted octanol–water partition coefficient (Wildman–Crippen LogP) is 0.251. The standard InChI is InChI=1S/C12H15N3O/c13-12(16)10-2-1-8-7-14-4-6-15-5-3-9(10)11(8)15/h1-2,14H,3-7H2,(H2,13,16). The van der Waals surface area contributed by atoms with E-state index >= 15 is 0 Å². The van der Waals surface area contributed by atoms with E-state index in [1.54, 1.807) is 0 Å². The Morgan fingerprint density at radius 1 is 1.38 bits per heavy atom. The summed E-state index contributed by atoms with van der Waals surface area (Å²) in [5.74, 6) is -0.308. The van der Waals surface area contributed by atoms with Gasteiger partial charge in [-0.3, -0.25) is 4.79 Å². The smallest absolute Gasteiger partial charge is 0.249 e. The fraction of sp³-hybridized carbons (Fsp3) is 0.417. The number of nitrogens with one attached hydrogen (secondary N) is 1. The van der Waals surface area contributed by atoms with Gasteiger partial charge >= 0.3 is 0 Å². The van der Waals surface area contributed by atoms with Gasteiger partial charge in [-0.2, -0.15) is 0 Å². The van der Waals surface area contributed by atoms with Crippen LogP contribution in [0.4, 0.5) is 5.69 Å². The maximum absolute atomic E-state index is 11.4. The Labute approximate surface area is 94.4 Å². The number of benzene rings is 1. The van der Waals surface area contributed by atoms with Gasteiger partial charge in [0.15, 0.2) is 0 Å². The lowest BCUT2D eigenvalue weighted by atomic mass is 10.0. The SMILES string of the molecule is NC(=O)c1ccc2c3c1CCN3CCNC2. The van der Waals surface area contributed by atoms with Crippen molar-refractivity contribution in [2.75, 3.05) is 24.5 Å². The second-order valence-electron chi connectivity index (χ2n) is 4.38. The van der Waals surface area contributed by atoms with E-state index in [4.69, 9.17) is 5.73 Å². The molecule has 2 aliphatic rings. The molecule has 0 unspecified atom stereocenters. The molecule has 0 atom stereocenters. The predicted molar refractivity (Wildman–Crippen MR) is 62.6 cm³/mol. The summed E-state index contributed by atoms with van der Waals surface area (Å²) < 4.78 is 0. The van der Waals surface area contributed by atoms with Crippen molar-refractivity contribution in [3.8, 4) is 0 Å². The van der Waals surface area contributed by atoms with Crippen LogP contribution in [0.1, 0.15) is 21.5 Å². The molecule has 0 radical (unpaired) electrons. The van der Waals surface area contributed by atoms with Gasteiger partial charge in [-0.15, -0.1) is 0 Å². The van der Waals surface area contributed by atoms with Crippen molar-refractivity contribution in [2.24, 2.45) is 5.73 Å². The van der Waals surface area contributed by atoms with Gasteiger partial charge in [0.1, 0.15) is 0 Å². The number of nitrogens with zero attached hydrogens (tertiary/aromatic N) is 1. The van der Waals surface area contributed by atoms with E-state index in [1.807, 2.05) is 12.1 Å². The molecule has 4 heteroatoms. The summed E-state index contributed by atoms with van der Waals surface area (Å²) in [7, 11) is 0. The third-order valence-corrected chi connectivity index (χ3v) is 3.45. The molecule has 3 N–H and O–H groups in total. The molecular weight excluding hydrogens is 202 g/mol. The summed E-state index contributed by atoms with van der Waals surface area (Å²) in [5, 5.41) is 3.39. The third kappa shape index (κ3) is 1.30. The minimum atomic E-state index is -0.308. The molecule has 0 saturated heterocycles. The van der Waals surface area contributed by atoms with Crippen molar-refractivity contribution in [3.05, 3.63) is 28.8 Å². The van der Waals surface area contributed by atoms with Crippen molar-refractivity contribution in [3.63, 3.8) is 0 Å². The van der Waals surface area contributed by atoms with Crippen LogP contribution < -0.4 is 16.0 Å². The molecule has 2 heterocycles. The molecule has 0 aromatic heterocycles. The summed E-state index contributed by atoms with van der Waals surface area (Å²) in [6.07, 6.45) is 0.946. The topological polar surface area (TPSA) is 58.4 Å². The van der Waals surface area contributed by atoms with Gasteiger partial charge in [0.2, 0.25) is 5.91 Å². The van der Waals surface area contributed by atoms with E-state index in [2.05, 4.69) is 10.2 Å². The lowest BCUT2D eigenvalue weighted by molar-refractivity contribution is 0.0999. The minimum Gasteiger partial charge on any atom is -0.369 e. The number of carbonyl (C=O) groups is 1. The van der Waals surface area contributed by atoms with Gasteiger partial charge in [0, 0.05) is 37.4 Å². The van der Waals surface area contributed by atoms with Crippen LogP contribution in [0.5, 0.6) is 0 Å². The summed E-state index contributed by atoms with van der Waals surface area (Å²) in [4.78, 5) is 13.7. The largest absolute Gasteiger partial charge is 0.369 e. The van der Waals surface area contributed by atoms with E-state index in [9.17, 15) is 4.79 Å². The summed E-state index contributed by atoms with van der Waals surface area (Å²) in [5.41, 5.74) is 9.79. The van der Waals surface area contributed by atoms with Gasteiger partial charge in [0.05, 0.1) is 0 Å². The number of primary amides is 1. The molecule has 3 rings (SSSR count). The van der Waals surface area contributed by atoms with E-state index in [-0.39, 0.29) is 5.91 Å². The Bertz CT molecular complexity index is 456. The van der Waals surface area contributed by atoms with Gasteiger partial charge in [-0.1, -0.05) is 6.07 Å². The van der Waals surface area contributed by atoms with Crippen molar-refractivity contribution >= 4 is 11.6 Å². The van der Waals surface area contributed by atoms with Crippen LogP contribution in [0.25, 0.3) is 0 Å². The van der Waals surface area contributed by atoms with Crippen molar-refractivity contribution in [1.82, 2.24) is 5.32 Å². The molecule has 84 valence electrons. The second-order valence-corrected chi connectivity index (χ2v) is 4.38. The molecule has 2 aliphatic heterocycles. The molecule has 16 heavy (non-hydrogen) atoms. The summed E-state index contributed by atoms with van der Waals surface area (Å²) >= 11 is 0. The Morgan fingerprint density at radius 2 is 2.25 bits per heavy atom. The molecule has 0 bridgehead atoms. The average molecular weight is 217 g/mol. The van der Waals surface area contributed by atoms with Crippen LogP contribution in [0.3, 0.4) is 0 Å². The fourth-order valence-corrected chi connectivity index (χ4v) is 2.72. The Balaban J connectivity index is 2.19. The normalized spacial score (nSPS) is 18.1. The lowest BCUT2D eigenvalue weighted by Gasteiger charge is -2.18. The molecule has 0 saturated carbocycles. The number of hydrogen-bond acceptors (Lipinski definition) is 3. The molecule has 0 spiro atoms. The first kappa shape index (κ1) is 9.66. The highest BCUT2D eigenvalue weighted by Crippen LogP contribution is 2.35. The quantitative estimate of drug-likeness (QED) is 0.709. The van der Waals surface area contributed by atoms with E-state index in [0.29, 0.717) is 5.56 Å². The maximum atomic E-state index is 11.4. The molecule has 4 nitrogen and oxygen atoms in total. The van der Waals surface area contributed by atoms with Gasteiger partial charge < -0.3 is 16.0 Å². The third-order valence-electron chi connectivity index (χ3n) is 3.45. The first-order chi connectivity index (χ1) is 7.77. The van der Waals surface area contributed by atoms with Gasteiger partial charge in [0.25, 0.3) is 0 Å². The van der Waals surface area contributed by atoms with Crippen molar-refractivity contribution in [2.45, 2.75) is 13.0 Å². The van der Waals surface area contributed by atoms with E-state index in [0.717, 1.165) is 38.2 Å². The molecule has 0 fully saturated rings. The highest BCUT2D eigenvalue weighted by atomic mass is 16.1. The highest BCUT2D eigenvalue weighted by Gasteiger charge is 2.27. The van der Waals surface area contributed by atoms with Crippen LogP contribution >= 0.6 is 0 Å². The zero-order chi connectivity index (χ0) is 11.1. The zero-order valence-electron chi connectivity index (χ0n) is 9.12. The number of amides is 1. The van der Waals surface area contributed by atoms with Crippen LogP contribution in [0.2, 0.25) is 0 Å². The highest BCUT2D eigenvalue weighted by molar-refractivity contribution is 5.96. The first-order valence-electron chi connectivity index (χ1n) is 5.67. The number of anilines is 1. The van der Waals surface area contributed by atoms with Crippen LogP contribution in [0, 0.1) is 0 Å². The maximum Gasteiger partial charge on any atom is 0.249 e. The van der Waals surface area contributed by atoms with Crippen LogP contribution in [0.15, 0.2) is 12.1 Å². The molecular formula is C12H15N3O. The number of nitrogens with two attached hydrogens (primary N) is 1. The Morgan fingerprint density at radius 3 is 3.06 bits per heavy atom. The number of rotatable bonds is 1. The van der Waals surface area contributed by atoms with E-state index < -0.39 is 0 Å². The zero-order valence-corrected chi connectivity index (χ0v) is 9.12. The van der Waals surface area contributed by atoms with Crippen molar-refractivity contribution < 1.29 is 4.79 Å². The van der Waals surface area contributed by atoms with Gasteiger partial charge in [-0.25, -0.2) is 0 Å². The minimum absolute atomic E-state index is 0.308. The Hall–Kier alpha value is -1.55. The summed E-state index contributed by atoms with van der Waals surface area (Å²) in [6.45, 7) is 3.91. The monoisotopic (exact) mass is 217 g/mol. The summed E-state index contributed by atoms with van der Waals surface area (Å²) in [6, 6.07) is 3.89. The molecule has 1 aromatic rings.